The van der Waals surface area contributed by atoms with Gasteiger partial charge in [0.15, 0.2) is 0 Å². The molecule has 1 rings (SSSR count). The summed E-state index contributed by atoms with van der Waals surface area (Å²) >= 11 is 0. The molecule has 0 aliphatic carbocycles. The number of rotatable bonds is 2. The van der Waals surface area contributed by atoms with E-state index in [1.54, 1.807) is 7.05 Å². The topological polar surface area (TPSA) is 32.3 Å². The molecule has 0 aromatic carbocycles. The van der Waals surface area contributed by atoms with Crippen molar-refractivity contribution in [3.8, 4) is 0 Å². The number of hydrogen-bond donors (Lipinski definition) is 1. The van der Waals surface area contributed by atoms with Crippen molar-refractivity contribution >= 4 is 5.91 Å². The van der Waals surface area contributed by atoms with E-state index in [-0.39, 0.29) is 5.91 Å². The SMILES string of the molecule is CNCC(=O)N1CCC[C@H]1C. The normalized spacial score (nSPS) is 24.2. The van der Waals surface area contributed by atoms with E-state index in [2.05, 4.69) is 12.2 Å². The molecule has 1 fully saturated rings. The van der Waals surface area contributed by atoms with Crippen molar-refractivity contribution in [1.82, 2.24) is 10.2 Å². The molecular formula is C8H16N2O. The Morgan fingerprint density at radius 1 is 1.73 bits per heavy atom. The average Bonchev–Trinajstić information content (AvgIpc) is 2.36. The smallest absolute Gasteiger partial charge is 0.236 e. The second-order valence-electron chi connectivity index (χ2n) is 3.11. The minimum atomic E-state index is 0.234. The van der Waals surface area contributed by atoms with E-state index in [0.717, 1.165) is 19.4 Å². The molecule has 3 heteroatoms. The predicted molar refractivity (Wildman–Crippen MR) is 44.3 cm³/mol. The minimum Gasteiger partial charge on any atom is -0.339 e. The zero-order valence-electron chi connectivity index (χ0n) is 7.26. The van der Waals surface area contributed by atoms with Crippen LogP contribution in [0.5, 0.6) is 0 Å². The number of nitrogens with zero attached hydrogens (tertiary/aromatic N) is 1. The largest absolute Gasteiger partial charge is 0.339 e. The molecule has 11 heavy (non-hydrogen) atoms. The van der Waals surface area contributed by atoms with Crippen LogP contribution in [-0.2, 0) is 4.79 Å². The van der Waals surface area contributed by atoms with Crippen molar-refractivity contribution in [2.75, 3.05) is 20.1 Å². The second kappa shape index (κ2) is 3.72. The fourth-order valence-electron chi connectivity index (χ4n) is 1.56. The van der Waals surface area contributed by atoms with Gasteiger partial charge in [-0.05, 0) is 26.8 Å². The Balaban J connectivity index is 2.39. The summed E-state index contributed by atoms with van der Waals surface area (Å²) in [5.74, 6) is 0.234. The molecule has 0 aromatic rings. The number of hydrogen-bond acceptors (Lipinski definition) is 2. The Morgan fingerprint density at radius 3 is 2.91 bits per heavy atom. The van der Waals surface area contributed by atoms with Crippen LogP contribution in [0.3, 0.4) is 0 Å². The number of likely N-dealkylation sites (N-methyl/N-ethyl adjacent to an activating group) is 1. The Kier molecular flexibility index (Phi) is 2.88. The molecule has 1 saturated heterocycles. The van der Waals surface area contributed by atoms with Crippen molar-refractivity contribution in [3.05, 3.63) is 0 Å². The van der Waals surface area contributed by atoms with Gasteiger partial charge in [0.25, 0.3) is 0 Å². The van der Waals surface area contributed by atoms with Crippen molar-refractivity contribution < 1.29 is 4.79 Å². The molecule has 1 heterocycles. The van der Waals surface area contributed by atoms with E-state index < -0.39 is 0 Å². The van der Waals surface area contributed by atoms with Gasteiger partial charge in [0.2, 0.25) is 5.91 Å². The van der Waals surface area contributed by atoms with E-state index in [4.69, 9.17) is 0 Å². The van der Waals surface area contributed by atoms with Crippen molar-refractivity contribution in [1.29, 1.82) is 0 Å². The first-order chi connectivity index (χ1) is 5.25. The van der Waals surface area contributed by atoms with Gasteiger partial charge < -0.3 is 10.2 Å². The molecular weight excluding hydrogens is 140 g/mol. The van der Waals surface area contributed by atoms with Gasteiger partial charge in [-0.15, -0.1) is 0 Å². The lowest BCUT2D eigenvalue weighted by atomic mass is 10.2. The van der Waals surface area contributed by atoms with Crippen LogP contribution < -0.4 is 5.32 Å². The Morgan fingerprint density at radius 2 is 2.45 bits per heavy atom. The molecule has 1 N–H and O–H groups in total. The van der Waals surface area contributed by atoms with Gasteiger partial charge in [-0.1, -0.05) is 0 Å². The summed E-state index contributed by atoms with van der Waals surface area (Å²) in [4.78, 5) is 13.3. The molecule has 3 nitrogen and oxygen atoms in total. The quantitative estimate of drug-likeness (QED) is 0.620. The molecule has 1 aliphatic heterocycles. The molecule has 0 radical (unpaired) electrons. The van der Waals surface area contributed by atoms with Crippen molar-refractivity contribution in [2.24, 2.45) is 0 Å². The number of nitrogens with one attached hydrogen (secondary N) is 1. The lowest BCUT2D eigenvalue weighted by molar-refractivity contribution is -0.130. The summed E-state index contributed by atoms with van der Waals surface area (Å²) in [5.41, 5.74) is 0. The number of likely N-dealkylation sites (tertiary alicyclic amines) is 1. The fraction of sp³-hybridized carbons (Fsp3) is 0.875. The van der Waals surface area contributed by atoms with Crippen LogP contribution in [-0.4, -0.2) is 37.0 Å². The molecule has 64 valence electrons. The van der Waals surface area contributed by atoms with Crippen LogP contribution in [0.4, 0.5) is 0 Å². The van der Waals surface area contributed by atoms with Gasteiger partial charge in [0.05, 0.1) is 6.54 Å². The highest BCUT2D eigenvalue weighted by Crippen LogP contribution is 2.15. The van der Waals surface area contributed by atoms with E-state index in [9.17, 15) is 4.79 Å². The summed E-state index contributed by atoms with van der Waals surface area (Å²) in [7, 11) is 1.80. The van der Waals surface area contributed by atoms with Crippen LogP contribution in [0.1, 0.15) is 19.8 Å². The van der Waals surface area contributed by atoms with Gasteiger partial charge in [-0.2, -0.15) is 0 Å². The standard InChI is InChI=1S/C8H16N2O/c1-7-4-3-5-10(7)8(11)6-9-2/h7,9H,3-6H2,1-2H3/t7-/m1/s1. The van der Waals surface area contributed by atoms with Gasteiger partial charge >= 0.3 is 0 Å². The minimum absolute atomic E-state index is 0.234. The Bertz CT molecular complexity index is 147. The average molecular weight is 156 g/mol. The maximum absolute atomic E-state index is 11.3. The summed E-state index contributed by atoms with van der Waals surface area (Å²) in [6.07, 6.45) is 2.33. The first-order valence-electron chi connectivity index (χ1n) is 4.19. The third kappa shape index (κ3) is 1.93. The number of carbonyl (C=O) groups excluding carboxylic acids is 1. The van der Waals surface area contributed by atoms with Gasteiger partial charge in [0.1, 0.15) is 0 Å². The van der Waals surface area contributed by atoms with Crippen molar-refractivity contribution in [2.45, 2.75) is 25.8 Å². The zero-order valence-corrected chi connectivity index (χ0v) is 7.26. The lowest BCUT2D eigenvalue weighted by Crippen LogP contribution is -2.38. The molecule has 1 aliphatic rings. The fourth-order valence-corrected chi connectivity index (χ4v) is 1.56. The monoisotopic (exact) mass is 156 g/mol. The molecule has 0 aromatic heterocycles. The molecule has 0 bridgehead atoms. The third-order valence-electron chi connectivity index (χ3n) is 2.20. The highest BCUT2D eigenvalue weighted by Gasteiger charge is 2.23. The maximum atomic E-state index is 11.3. The predicted octanol–water partition coefficient (Wildman–Crippen LogP) is 0.217. The maximum Gasteiger partial charge on any atom is 0.236 e. The Hall–Kier alpha value is -0.570. The van der Waals surface area contributed by atoms with Crippen LogP contribution >= 0.6 is 0 Å². The van der Waals surface area contributed by atoms with Crippen LogP contribution in [0.2, 0.25) is 0 Å². The van der Waals surface area contributed by atoms with Crippen molar-refractivity contribution in [3.63, 3.8) is 0 Å². The van der Waals surface area contributed by atoms with E-state index >= 15 is 0 Å². The third-order valence-corrected chi connectivity index (χ3v) is 2.20. The molecule has 0 spiro atoms. The van der Waals surface area contributed by atoms with Gasteiger partial charge in [-0.25, -0.2) is 0 Å². The number of amides is 1. The first kappa shape index (κ1) is 8.53. The van der Waals surface area contributed by atoms with Crippen LogP contribution in [0.25, 0.3) is 0 Å². The highest BCUT2D eigenvalue weighted by molar-refractivity contribution is 5.78. The lowest BCUT2D eigenvalue weighted by Gasteiger charge is -2.20. The molecule has 1 atom stereocenters. The van der Waals surface area contributed by atoms with Crippen LogP contribution in [0.15, 0.2) is 0 Å². The van der Waals surface area contributed by atoms with Gasteiger partial charge in [0, 0.05) is 12.6 Å². The van der Waals surface area contributed by atoms with Gasteiger partial charge in [-0.3, -0.25) is 4.79 Å². The first-order valence-corrected chi connectivity index (χ1v) is 4.19. The van der Waals surface area contributed by atoms with E-state index in [1.165, 1.54) is 0 Å². The summed E-state index contributed by atoms with van der Waals surface area (Å²) in [5, 5.41) is 2.87. The summed E-state index contributed by atoms with van der Waals surface area (Å²) < 4.78 is 0. The molecule has 0 unspecified atom stereocenters. The zero-order chi connectivity index (χ0) is 8.27. The molecule has 0 saturated carbocycles. The Labute approximate surface area is 67.8 Å². The molecule has 1 amide bonds. The van der Waals surface area contributed by atoms with E-state index in [0.29, 0.717) is 12.6 Å². The highest BCUT2D eigenvalue weighted by atomic mass is 16.2. The van der Waals surface area contributed by atoms with E-state index in [1.807, 2.05) is 4.90 Å². The van der Waals surface area contributed by atoms with Crippen LogP contribution in [0, 0.1) is 0 Å². The number of carbonyl (C=O) groups is 1. The summed E-state index contributed by atoms with van der Waals surface area (Å²) in [6.45, 7) is 3.53. The summed E-state index contributed by atoms with van der Waals surface area (Å²) in [6, 6.07) is 0.454. The second-order valence-corrected chi connectivity index (χ2v) is 3.11.